The van der Waals surface area contributed by atoms with Crippen LogP contribution in [0.15, 0.2) is 24.3 Å². The number of carbonyl (C=O) groups excluding carboxylic acids is 1. The van der Waals surface area contributed by atoms with Crippen LogP contribution in [0, 0.1) is 5.82 Å². The zero-order valence-corrected chi connectivity index (χ0v) is 12.3. The van der Waals surface area contributed by atoms with Crippen LogP contribution in [0.5, 0.6) is 0 Å². The summed E-state index contributed by atoms with van der Waals surface area (Å²) in [5, 5.41) is 6.62. The molecule has 20 heavy (non-hydrogen) atoms. The molecule has 0 aliphatic heterocycles. The highest BCUT2D eigenvalue weighted by Crippen LogP contribution is 2.02. The number of carbonyl (C=O) groups is 1. The van der Waals surface area contributed by atoms with Crippen molar-refractivity contribution in [1.82, 2.24) is 10.6 Å². The Morgan fingerprint density at radius 2 is 1.90 bits per heavy atom. The van der Waals surface area contributed by atoms with E-state index in [2.05, 4.69) is 15.4 Å². The van der Waals surface area contributed by atoms with Gasteiger partial charge in [0.2, 0.25) is 0 Å². The molecule has 1 rings (SSSR count). The number of nitrogens with one attached hydrogen (secondary N) is 2. The van der Waals surface area contributed by atoms with Gasteiger partial charge in [0.25, 0.3) is 0 Å². The fourth-order valence-corrected chi connectivity index (χ4v) is 1.77. The lowest BCUT2D eigenvalue weighted by atomic mass is 10.1. The molecule has 0 radical (unpaired) electrons. The minimum atomic E-state index is -0.232. The van der Waals surface area contributed by atoms with Gasteiger partial charge >= 0.3 is 5.97 Å². The van der Waals surface area contributed by atoms with Gasteiger partial charge in [-0.05, 0) is 42.8 Å². The average Bonchev–Trinajstić information content (AvgIpc) is 2.45. The van der Waals surface area contributed by atoms with Crippen LogP contribution in [0.25, 0.3) is 0 Å². The Kier molecular flexibility index (Phi) is 7.57. The van der Waals surface area contributed by atoms with E-state index in [0.29, 0.717) is 31.0 Å². The van der Waals surface area contributed by atoms with Crippen LogP contribution < -0.4 is 10.6 Å². The summed E-state index contributed by atoms with van der Waals surface area (Å²) in [6.45, 7) is 1.30. The van der Waals surface area contributed by atoms with E-state index in [1.165, 1.54) is 19.2 Å². The molecule has 0 spiro atoms. The molecule has 0 unspecified atom stereocenters. The van der Waals surface area contributed by atoms with Crippen LogP contribution in [0.1, 0.15) is 18.4 Å². The number of rotatable bonds is 7. The van der Waals surface area contributed by atoms with Crippen LogP contribution >= 0.6 is 12.2 Å². The number of hydrogen-bond acceptors (Lipinski definition) is 3. The van der Waals surface area contributed by atoms with Gasteiger partial charge in [-0.2, -0.15) is 0 Å². The largest absolute Gasteiger partial charge is 0.469 e. The molecule has 0 aromatic heterocycles. The van der Waals surface area contributed by atoms with Gasteiger partial charge in [-0.1, -0.05) is 12.1 Å². The van der Waals surface area contributed by atoms with Crippen LogP contribution in [0.2, 0.25) is 0 Å². The van der Waals surface area contributed by atoms with Crippen LogP contribution in [0.3, 0.4) is 0 Å². The van der Waals surface area contributed by atoms with E-state index in [9.17, 15) is 9.18 Å². The van der Waals surface area contributed by atoms with Crippen molar-refractivity contribution in [3.63, 3.8) is 0 Å². The van der Waals surface area contributed by atoms with Crippen molar-refractivity contribution in [1.29, 1.82) is 0 Å². The molecule has 110 valence electrons. The first kappa shape index (κ1) is 16.4. The molecule has 0 atom stereocenters. The maximum Gasteiger partial charge on any atom is 0.305 e. The van der Waals surface area contributed by atoms with Gasteiger partial charge in [0.1, 0.15) is 5.82 Å². The topological polar surface area (TPSA) is 50.4 Å². The van der Waals surface area contributed by atoms with E-state index in [1.807, 2.05) is 0 Å². The van der Waals surface area contributed by atoms with Gasteiger partial charge in [-0.3, -0.25) is 4.79 Å². The molecule has 0 bridgehead atoms. The number of benzene rings is 1. The quantitative estimate of drug-likeness (QED) is 0.456. The molecule has 0 aliphatic rings. The van der Waals surface area contributed by atoms with E-state index >= 15 is 0 Å². The third-order valence-corrected chi connectivity index (χ3v) is 2.97. The first-order valence-corrected chi connectivity index (χ1v) is 6.85. The predicted octanol–water partition coefficient (Wildman–Crippen LogP) is 1.79. The smallest absolute Gasteiger partial charge is 0.305 e. The molecule has 0 heterocycles. The summed E-state index contributed by atoms with van der Waals surface area (Å²) in [7, 11) is 1.37. The molecule has 1 aromatic rings. The number of ether oxygens (including phenoxy) is 1. The standard InChI is InChI=1S/C14H19FN2O2S/c1-19-13(18)3-2-9-16-14(20)17-10-8-11-4-6-12(15)7-5-11/h4-7H,2-3,8-10H2,1H3,(H2,16,17,20). The molecule has 4 nitrogen and oxygen atoms in total. The van der Waals surface area contributed by atoms with Gasteiger partial charge in [0, 0.05) is 19.5 Å². The lowest BCUT2D eigenvalue weighted by Gasteiger charge is -2.10. The third-order valence-electron chi connectivity index (χ3n) is 2.68. The average molecular weight is 298 g/mol. The first-order chi connectivity index (χ1) is 9.61. The SMILES string of the molecule is COC(=O)CCCNC(=S)NCCc1ccc(F)cc1. The number of thiocarbonyl (C=S) groups is 1. The van der Waals surface area contributed by atoms with Crippen molar-refractivity contribution in [3.05, 3.63) is 35.6 Å². The Hall–Kier alpha value is -1.69. The normalized spacial score (nSPS) is 9.90. The molecule has 1 aromatic carbocycles. The summed E-state index contributed by atoms with van der Waals surface area (Å²) >= 11 is 5.10. The van der Waals surface area contributed by atoms with Gasteiger partial charge in [-0.25, -0.2) is 4.39 Å². The Labute approximate surface area is 123 Å². The fraction of sp³-hybridized carbons (Fsp3) is 0.429. The minimum Gasteiger partial charge on any atom is -0.469 e. The number of halogens is 1. The predicted molar refractivity (Wildman–Crippen MR) is 80.0 cm³/mol. The lowest BCUT2D eigenvalue weighted by Crippen LogP contribution is -2.37. The summed E-state index contributed by atoms with van der Waals surface area (Å²) < 4.78 is 17.3. The number of esters is 1. The summed E-state index contributed by atoms with van der Waals surface area (Å²) in [6.07, 6.45) is 1.82. The molecule has 0 saturated carbocycles. The van der Waals surface area contributed by atoms with Crippen molar-refractivity contribution in [2.75, 3.05) is 20.2 Å². The molecule has 0 amide bonds. The van der Waals surface area contributed by atoms with Gasteiger partial charge in [-0.15, -0.1) is 0 Å². The zero-order valence-electron chi connectivity index (χ0n) is 11.4. The first-order valence-electron chi connectivity index (χ1n) is 6.45. The summed E-state index contributed by atoms with van der Waals surface area (Å²) in [5.74, 6) is -0.452. The zero-order chi connectivity index (χ0) is 14.8. The summed E-state index contributed by atoms with van der Waals surface area (Å²) in [4.78, 5) is 10.9. The van der Waals surface area contributed by atoms with Crippen molar-refractivity contribution >= 4 is 23.3 Å². The van der Waals surface area contributed by atoms with E-state index in [1.54, 1.807) is 12.1 Å². The van der Waals surface area contributed by atoms with Gasteiger partial charge in [0.15, 0.2) is 5.11 Å². The number of hydrogen-bond donors (Lipinski definition) is 2. The second-order valence-electron chi connectivity index (χ2n) is 4.24. The monoisotopic (exact) mass is 298 g/mol. The highest BCUT2D eigenvalue weighted by atomic mass is 32.1. The van der Waals surface area contributed by atoms with E-state index in [4.69, 9.17) is 12.2 Å². The van der Waals surface area contributed by atoms with E-state index in [-0.39, 0.29) is 11.8 Å². The Morgan fingerprint density at radius 1 is 1.25 bits per heavy atom. The second kappa shape index (κ2) is 9.25. The van der Waals surface area contributed by atoms with E-state index < -0.39 is 0 Å². The van der Waals surface area contributed by atoms with Crippen molar-refractivity contribution in [2.24, 2.45) is 0 Å². The maximum absolute atomic E-state index is 12.7. The second-order valence-corrected chi connectivity index (χ2v) is 4.65. The Bertz CT molecular complexity index is 437. The van der Waals surface area contributed by atoms with Gasteiger partial charge < -0.3 is 15.4 Å². The molecule has 6 heteroatoms. The molecular weight excluding hydrogens is 279 g/mol. The summed E-state index contributed by atoms with van der Waals surface area (Å²) in [5.41, 5.74) is 1.05. The van der Waals surface area contributed by atoms with Crippen LogP contribution in [0.4, 0.5) is 4.39 Å². The molecule has 2 N–H and O–H groups in total. The molecule has 0 aliphatic carbocycles. The molecule has 0 fully saturated rings. The summed E-state index contributed by atoms with van der Waals surface area (Å²) in [6, 6.07) is 6.39. The van der Waals surface area contributed by atoms with Crippen LogP contribution in [-0.4, -0.2) is 31.3 Å². The highest BCUT2D eigenvalue weighted by Gasteiger charge is 2.00. The van der Waals surface area contributed by atoms with E-state index in [0.717, 1.165) is 12.0 Å². The molecule has 0 saturated heterocycles. The number of methoxy groups -OCH3 is 1. The Morgan fingerprint density at radius 3 is 2.55 bits per heavy atom. The lowest BCUT2D eigenvalue weighted by molar-refractivity contribution is -0.140. The maximum atomic E-state index is 12.7. The third kappa shape index (κ3) is 7.04. The molecular formula is C14H19FN2O2S. The minimum absolute atomic E-state index is 0.220. The van der Waals surface area contributed by atoms with Gasteiger partial charge in [0.05, 0.1) is 7.11 Å². The van der Waals surface area contributed by atoms with Crippen molar-refractivity contribution in [2.45, 2.75) is 19.3 Å². The van der Waals surface area contributed by atoms with Crippen molar-refractivity contribution in [3.8, 4) is 0 Å². The van der Waals surface area contributed by atoms with Crippen molar-refractivity contribution < 1.29 is 13.9 Å². The fourth-order valence-electron chi connectivity index (χ4n) is 1.57. The van der Waals surface area contributed by atoms with Crippen LogP contribution in [-0.2, 0) is 16.0 Å². The Balaban J connectivity index is 2.08. The highest BCUT2D eigenvalue weighted by molar-refractivity contribution is 7.80.